The van der Waals surface area contributed by atoms with Gasteiger partial charge < -0.3 is 36.3 Å². The van der Waals surface area contributed by atoms with Crippen molar-refractivity contribution in [2.45, 2.75) is 56.3 Å². The van der Waals surface area contributed by atoms with Crippen LogP contribution in [0.2, 0.25) is 0 Å². The fraction of sp³-hybridized carbons (Fsp3) is 0.323. The maximum Gasteiger partial charge on any atom is 0.326 e. The van der Waals surface area contributed by atoms with E-state index in [-0.39, 0.29) is 25.8 Å². The first-order valence-electron chi connectivity index (χ1n) is 14.3. The predicted molar refractivity (Wildman–Crippen MR) is 159 cm³/mol. The van der Waals surface area contributed by atoms with Gasteiger partial charge in [0.25, 0.3) is 0 Å². The zero-order valence-corrected chi connectivity index (χ0v) is 23.5. The molecule has 4 atom stereocenters. The number of carbonyl (C=O) groups is 4. The monoisotopic (exact) mass is 585 g/mol. The SMILES string of the molecule is NC(Cc1c[nH]c2ccccc12)C(=O)NC(Cc1cnc[nH]1)C(=O)NC(Cc1ccccc1)C(=O)N1CCCC1C(=O)O. The Hall–Kier alpha value is -4.97. The number of carbonyl (C=O) groups excluding carboxylic acids is 3. The number of carboxylic acids is 1. The topological polar surface area (TPSA) is 186 Å². The highest BCUT2D eigenvalue weighted by Gasteiger charge is 2.38. The summed E-state index contributed by atoms with van der Waals surface area (Å²) in [5.41, 5.74) is 9.50. The lowest BCUT2D eigenvalue weighted by molar-refractivity contribution is -0.149. The zero-order valence-electron chi connectivity index (χ0n) is 23.5. The number of imidazole rings is 1. The van der Waals surface area contributed by atoms with E-state index in [9.17, 15) is 24.3 Å². The van der Waals surface area contributed by atoms with E-state index in [0.29, 0.717) is 18.5 Å². The van der Waals surface area contributed by atoms with Crippen LogP contribution in [0.5, 0.6) is 0 Å². The fourth-order valence-electron chi connectivity index (χ4n) is 5.54. The van der Waals surface area contributed by atoms with Gasteiger partial charge in [-0.1, -0.05) is 48.5 Å². The molecule has 0 aliphatic carbocycles. The van der Waals surface area contributed by atoms with Crippen LogP contribution in [0, 0.1) is 0 Å². The fourth-order valence-corrected chi connectivity index (χ4v) is 5.54. The number of rotatable bonds is 12. The summed E-state index contributed by atoms with van der Waals surface area (Å²) in [5, 5.41) is 16.2. The normalized spacial score (nSPS) is 16.9. The second kappa shape index (κ2) is 13.3. The highest BCUT2D eigenvalue weighted by molar-refractivity contribution is 5.95. The van der Waals surface area contributed by atoms with E-state index in [1.165, 1.54) is 11.2 Å². The molecule has 4 unspecified atom stereocenters. The van der Waals surface area contributed by atoms with Gasteiger partial charge in [0, 0.05) is 48.4 Å². The van der Waals surface area contributed by atoms with E-state index in [1.54, 1.807) is 6.20 Å². The summed E-state index contributed by atoms with van der Waals surface area (Å²) in [4.78, 5) is 64.0. The largest absolute Gasteiger partial charge is 0.480 e. The Kier molecular flexibility index (Phi) is 9.16. The van der Waals surface area contributed by atoms with Gasteiger partial charge in [0.2, 0.25) is 17.7 Å². The van der Waals surface area contributed by atoms with Crippen LogP contribution in [0.4, 0.5) is 0 Å². The second-order valence-corrected chi connectivity index (χ2v) is 10.8. The first kappa shape index (κ1) is 29.5. The first-order valence-corrected chi connectivity index (χ1v) is 14.3. The summed E-state index contributed by atoms with van der Waals surface area (Å²) < 4.78 is 0. The van der Waals surface area contributed by atoms with Gasteiger partial charge in [0.1, 0.15) is 18.1 Å². The number of nitrogens with one attached hydrogen (secondary N) is 4. The molecule has 0 radical (unpaired) electrons. The minimum atomic E-state index is -1.08. The van der Waals surface area contributed by atoms with Gasteiger partial charge in [-0.3, -0.25) is 14.4 Å². The third-order valence-electron chi connectivity index (χ3n) is 7.78. The van der Waals surface area contributed by atoms with Gasteiger partial charge in [-0.2, -0.15) is 0 Å². The number of nitrogens with two attached hydrogens (primary N) is 1. The van der Waals surface area contributed by atoms with Crippen molar-refractivity contribution in [2.75, 3.05) is 6.54 Å². The molecule has 1 fully saturated rings. The number of benzene rings is 2. The predicted octanol–water partition coefficient (Wildman–Crippen LogP) is 1.29. The molecule has 3 heterocycles. The molecule has 5 rings (SSSR count). The third kappa shape index (κ3) is 7.09. The Morgan fingerprint density at radius 1 is 0.953 bits per heavy atom. The smallest absolute Gasteiger partial charge is 0.326 e. The molecule has 12 heteroatoms. The van der Waals surface area contributed by atoms with Gasteiger partial charge in [-0.15, -0.1) is 0 Å². The summed E-state index contributed by atoms with van der Waals surface area (Å²) in [5.74, 6) is -2.68. The van der Waals surface area contributed by atoms with Crippen LogP contribution in [-0.2, 0) is 38.4 Å². The molecular formula is C31H35N7O5. The van der Waals surface area contributed by atoms with E-state index in [1.807, 2.05) is 60.8 Å². The molecule has 224 valence electrons. The molecule has 1 aliphatic rings. The summed E-state index contributed by atoms with van der Waals surface area (Å²) in [6.45, 7) is 0.286. The molecule has 2 aromatic carbocycles. The number of H-pyrrole nitrogens is 2. The van der Waals surface area contributed by atoms with E-state index in [0.717, 1.165) is 22.0 Å². The van der Waals surface area contributed by atoms with Crippen molar-refractivity contribution in [3.63, 3.8) is 0 Å². The molecule has 7 N–H and O–H groups in total. The molecule has 0 bridgehead atoms. The van der Waals surface area contributed by atoms with Crippen molar-refractivity contribution in [3.05, 3.63) is 90.1 Å². The number of hydrogen-bond acceptors (Lipinski definition) is 6. The van der Waals surface area contributed by atoms with Crippen molar-refractivity contribution in [3.8, 4) is 0 Å². The molecule has 1 saturated heterocycles. The standard InChI is InChI=1S/C31H35N7O5/c32-23(14-20-16-34-24-10-5-4-9-22(20)24)28(39)36-25(15-21-17-33-18-35-21)29(40)37-26(13-19-7-2-1-3-8-19)30(41)38-12-6-11-27(38)31(42)43/h1-5,7-10,16-18,23,25-27,34H,6,11-15,32H2,(H,33,35)(H,36,39)(H,37,40)(H,42,43). The molecule has 4 aromatic rings. The van der Waals surface area contributed by atoms with Crippen LogP contribution in [0.15, 0.2) is 73.3 Å². The van der Waals surface area contributed by atoms with Crippen LogP contribution >= 0.6 is 0 Å². The average Bonchev–Trinajstić information content (AvgIpc) is 3.78. The van der Waals surface area contributed by atoms with Crippen molar-refractivity contribution in [1.82, 2.24) is 30.5 Å². The molecule has 43 heavy (non-hydrogen) atoms. The van der Waals surface area contributed by atoms with E-state index in [2.05, 4.69) is 25.6 Å². The van der Waals surface area contributed by atoms with Crippen LogP contribution in [-0.4, -0.2) is 79.4 Å². The lowest BCUT2D eigenvalue weighted by Crippen LogP contribution is -2.58. The Labute approximate surface area is 248 Å². The molecule has 12 nitrogen and oxygen atoms in total. The molecule has 0 saturated carbocycles. The number of aliphatic carboxylic acids is 1. The number of amides is 3. The Morgan fingerprint density at radius 2 is 1.70 bits per heavy atom. The lowest BCUT2D eigenvalue weighted by Gasteiger charge is -2.29. The summed E-state index contributed by atoms with van der Waals surface area (Å²) in [6.07, 6.45) is 6.21. The molecule has 1 aliphatic heterocycles. The number of para-hydroxylation sites is 1. The van der Waals surface area contributed by atoms with Gasteiger partial charge >= 0.3 is 5.97 Å². The van der Waals surface area contributed by atoms with Crippen LogP contribution < -0.4 is 16.4 Å². The van der Waals surface area contributed by atoms with Gasteiger partial charge in [0.05, 0.1) is 12.4 Å². The summed E-state index contributed by atoms with van der Waals surface area (Å²) in [7, 11) is 0. The van der Waals surface area contributed by atoms with E-state index < -0.39 is 47.9 Å². The van der Waals surface area contributed by atoms with Gasteiger partial charge in [0.15, 0.2) is 0 Å². The maximum absolute atomic E-state index is 13.8. The molecule has 3 amide bonds. The van der Waals surface area contributed by atoms with Crippen LogP contribution in [0.3, 0.4) is 0 Å². The zero-order chi connectivity index (χ0) is 30.3. The van der Waals surface area contributed by atoms with Crippen molar-refractivity contribution in [2.24, 2.45) is 5.73 Å². The highest BCUT2D eigenvalue weighted by atomic mass is 16.4. The van der Waals surface area contributed by atoms with Crippen molar-refractivity contribution < 1.29 is 24.3 Å². The summed E-state index contributed by atoms with van der Waals surface area (Å²) >= 11 is 0. The number of aromatic amines is 2. The van der Waals surface area contributed by atoms with Gasteiger partial charge in [-0.25, -0.2) is 9.78 Å². The van der Waals surface area contributed by atoms with Gasteiger partial charge in [-0.05, 0) is 36.5 Å². The molecule has 2 aromatic heterocycles. The highest BCUT2D eigenvalue weighted by Crippen LogP contribution is 2.21. The Morgan fingerprint density at radius 3 is 2.44 bits per heavy atom. The lowest BCUT2D eigenvalue weighted by atomic mass is 10.0. The number of carboxylic acid groups (broad SMARTS) is 1. The summed E-state index contributed by atoms with van der Waals surface area (Å²) in [6, 6.07) is 12.8. The number of likely N-dealkylation sites (tertiary alicyclic amines) is 1. The number of nitrogens with zero attached hydrogens (tertiary/aromatic N) is 2. The number of fused-ring (bicyclic) bond motifs is 1. The number of aromatic nitrogens is 3. The van der Waals surface area contributed by atoms with E-state index >= 15 is 0 Å². The number of hydrogen-bond donors (Lipinski definition) is 6. The average molecular weight is 586 g/mol. The minimum absolute atomic E-state index is 0.0745. The molecular weight excluding hydrogens is 550 g/mol. The first-order chi connectivity index (χ1) is 20.8. The second-order valence-electron chi connectivity index (χ2n) is 10.8. The third-order valence-corrected chi connectivity index (χ3v) is 7.78. The van der Waals surface area contributed by atoms with Crippen LogP contribution in [0.25, 0.3) is 10.9 Å². The maximum atomic E-state index is 13.8. The van der Waals surface area contributed by atoms with Crippen molar-refractivity contribution >= 4 is 34.6 Å². The minimum Gasteiger partial charge on any atom is -0.480 e. The Bertz CT molecular complexity index is 1570. The van der Waals surface area contributed by atoms with E-state index in [4.69, 9.17) is 5.73 Å². The Balaban J connectivity index is 1.34. The molecule has 0 spiro atoms. The van der Waals surface area contributed by atoms with Crippen LogP contribution in [0.1, 0.15) is 29.7 Å². The van der Waals surface area contributed by atoms with Crippen molar-refractivity contribution in [1.29, 1.82) is 0 Å². The quantitative estimate of drug-likeness (QED) is 0.145.